The summed E-state index contributed by atoms with van der Waals surface area (Å²) in [4.78, 5) is 15.1. The van der Waals surface area contributed by atoms with Gasteiger partial charge in [-0.25, -0.2) is 0 Å². The van der Waals surface area contributed by atoms with Crippen molar-refractivity contribution in [1.29, 1.82) is 0 Å². The van der Waals surface area contributed by atoms with E-state index < -0.39 is 0 Å². The van der Waals surface area contributed by atoms with E-state index in [1.165, 1.54) is 24.9 Å². The monoisotopic (exact) mass is 459 g/mol. The molecule has 0 unspecified atom stereocenters. The predicted molar refractivity (Wildman–Crippen MR) is 138 cm³/mol. The summed E-state index contributed by atoms with van der Waals surface area (Å²) in [5.41, 5.74) is 3.61. The molecule has 1 heterocycles. The van der Waals surface area contributed by atoms with Crippen molar-refractivity contribution in [3.63, 3.8) is 0 Å². The average molecular weight is 460 g/mol. The number of carbonyl (C=O) groups excluding carboxylic acids is 1. The van der Waals surface area contributed by atoms with Gasteiger partial charge in [-0.3, -0.25) is 10.1 Å². The molecule has 6 heteroatoms. The number of piperidine rings is 1. The van der Waals surface area contributed by atoms with Crippen LogP contribution < -0.4 is 20.3 Å². The summed E-state index contributed by atoms with van der Waals surface area (Å²) < 4.78 is 5.82. The molecule has 3 aromatic rings. The second kappa shape index (κ2) is 11.0. The van der Waals surface area contributed by atoms with Gasteiger partial charge in [0.2, 0.25) is 0 Å². The van der Waals surface area contributed by atoms with Crippen LogP contribution in [0.25, 0.3) is 0 Å². The number of thiocarbonyl (C=S) groups is 1. The van der Waals surface area contributed by atoms with Crippen molar-refractivity contribution in [3.05, 3.63) is 90.0 Å². The average Bonchev–Trinajstić information content (AvgIpc) is 2.84. The van der Waals surface area contributed by atoms with Crippen LogP contribution in [0.15, 0.2) is 78.9 Å². The lowest BCUT2D eigenvalue weighted by Gasteiger charge is -2.35. The fourth-order valence-corrected chi connectivity index (χ4v) is 4.23. The topological polar surface area (TPSA) is 53.6 Å². The third-order valence-electron chi connectivity index (χ3n) is 5.83. The first-order valence-corrected chi connectivity index (χ1v) is 11.7. The molecule has 33 heavy (non-hydrogen) atoms. The quantitative estimate of drug-likeness (QED) is 0.458. The van der Waals surface area contributed by atoms with Crippen LogP contribution in [0, 0.1) is 0 Å². The van der Waals surface area contributed by atoms with Gasteiger partial charge in [-0.05, 0) is 86.4 Å². The molecule has 0 bridgehead atoms. The van der Waals surface area contributed by atoms with Gasteiger partial charge in [0.25, 0.3) is 5.91 Å². The van der Waals surface area contributed by atoms with E-state index in [1.807, 2.05) is 48.5 Å². The minimum Gasteiger partial charge on any atom is -0.489 e. The van der Waals surface area contributed by atoms with E-state index in [0.717, 1.165) is 17.8 Å². The van der Waals surface area contributed by atoms with Crippen molar-refractivity contribution in [1.82, 2.24) is 5.32 Å². The van der Waals surface area contributed by atoms with E-state index in [9.17, 15) is 4.79 Å². The van der Waals surface area contributed by atoms with E-state index >= 15 is 0 Å². The normalized spacial score (nSPS) is 15.5. The van der Waals surface area contributed by atoms with Gasteiger partial charge < -0.3 is 15.0 Å². The van der Waals surface area contributed by atoms with E-state index in [-0.39, 0.29) is 11.0 Å². The Morgan fingerprint density at radius 2 is 1.82 bits per heavy atom. The summed E-state index contributed by atoms with van der Waals surface area (Å²) in [6.07, 6.45) is 3.76. The van der Waals surface area contributed by atoms with Gasteiger partial charge >= 0.3 is 0 Å². The molecule has 0 radical (unpaired) electrons. The van der Waals surface area contributed by atoms with Crippen LogP contribution in [0.1, 0.15) is 42.1 Å². The van der Waals surface area contributed by atoms with Gasteiger partial charge in [-0.15, -0.1) is 0 Å². The first-order chi connectivity index (χ1) is 16.1. The molecule has 0 saturated carbocycles. The minimum absolute atomic E-state index is 0.259. The van der Waals surface area contributed by atoms with Crippen LogP contribution in [0.2, 0.25) is 0 Å². The van der Waals surface area contributed by atoms with Crippen LogP contribution in [0.3, 0.4) is 0 Å². The molecule has 1 amide bonds. The van der Waals surface area contributed by atoms with Gasteiger partial charge in [0.05, 0.1) is 0 Å². The maximum Gasteiger partial charge on any atom is 0.257 e. The summed E-state index contributed by atoms with van der Waals surface area (Å²) in [5, 5.41) is 6.10. The van der Waals surface area contributed by atoms with Crippen LogP contribution in [0.5, 0.6) is 5.75 Å². The predicted octanol–water partition coefficient (Wildman–Crippen LogP) is 5.77. The zero-order valence-electron chi connectivity index (χ0n) is 18.8. The molecule has 5 nitrogen and oxygen atoms in total. The van der Waals surface area contributed by atoms with Gasteiger partial charge in [0.15, 0.2) is 5.11 Å². The lowest BCUT2D eigenvalue weighted by atomic mass is 10.0. The van der Waals surface area contributed by atoms with Gasteiger partial charge in [0, 0.05) is 29.5 Å². The first kappa shape index (κ1) is 22.8. The number of hydrogen-bond acceptors (Lipinski definition) is 4. The fourth-order valence-electron chi connectivity index (χ4n) is 4.02. The Morgan fingerprint density at radius 1 is 1.03 bits per heavy atom. The van der Waals surface area contributed by atoms with Crippen LogP contribution >= 0.6 is 12.2 Å². The molecule has 1 aliphatic rings. The number of anilines is 2. The van der Waals surface area contributed by atoms with Crippen LogP contribution in [0.4, 0.5) is 11.4 Å². The maximum atomic E-state index is 12.7. The molecule has 0 aliphatic carbocycles. The molecule has 2 N–H and O–H groups in total. The Kier molecular flexibility index (Phi) is 7.58. The summed E-state index contributed by atoms with van der Waals surface area (Å²) >= 11 is 5.35. The molecule has 170 valence electrons. The standard InChI is InChI=1S/C27H29N3O2S/c1-20-8-5-6-17-30(20)24-15-13-23(14-16-24)28-27(33)29-26(31)22-11-7-12-25(18-22)32-19-21-9-3-2-4-10-21/h2-4,7,9-16,18,20H,5-6,8,17,19H2,1H3,(H2,28,29,31,33)/t20-/m0/s1. The maximum absolute atomic E-state index is 12.7. The van der Waals surface area contributed by atoms with E-state index in [2.05, 4.69) is 34.6 Å². The summed E-state index contributed by atoms with van der Waals surface area (Å²) in [6.45, 7) is 3.81. The zero-order chi connectivity index (χ0) is 23.0. The van der Waals surface area contributed by atoms with Crippen LogP contribution in [-0.2, 0) is 6.61 Å². The number of rotatable bonds is 6. The van der Waals surface area contributed by atoms with Crippen LogP contribution in [-0.4, -0.2) is 23.6 Å². The van der Waals surface area contributed by atoms with Crippen molar-refractivity contribution in [2.75, 3.05) is 16.8 Å². The lowest BCUT2D eigenvalue weighted by molar-refractivity contribution is 0.0977. The smallest absolute Gasteiger partial charge is 0.257 e. The third kappa shape index (κ3) is 6.33. The first-order valence-electron chi connectivity index (χ1n) is 11.3. The second-order valence-corrected chi connectivity index (χ2v) is 8.70. The van der Waals surface area contributed by atoms with Gasteiger partial charge in [0.1, 0.15) is 12.4 Å². The van der Waals surface area contributed by atoms with E-state index in [4.69, 9.17) is 17.0 Å². The number of ether oxygens (including phenoxy) is 1. The Hall–Kier alpha value is -3.38. The molecular formula is C27H29N3O2S. The van der Waals surface area contributed by atoms with Gasteiger partial charge in [-0.2, -0.15) is 0 Å². The largest absolute Gasteiger partial charge is 0.489 e. The fraction of sp³-hybridized carbons (Fsp3) is 0.259. The highest BCUT2D eigenvalue weighted by atomic mass is 32.1. The number of hydrogen-bond donors (Lipinski definition) is 2. The number of carbonyl (C=O) groups is 1. The number of amides is 1. The zero-order valence-corrected chi connectivity index (χ0v) is 19.6. The Morgan fingerprint density at radius 3 is 2.58 bits per heavy atom. The molecule has 3 aromatic carbocycles. The number of nitrogens with one attached hydrogen (secondary N) is 2. The van der Waals surface area contributed by atoms with Crippen molar-refractivity contribution in [2.45, 2.75) is 38.8 Å². The van der Waals surface area contributed by atoms with Crippen molar-refractivity contribution >= 4 is 34.6 Å². The SMILES string of the molecule is C[C@H]1CCCCN1c1ccc(NC(=S)NC(=O)c2cccc(OCc3ccccc3)c2)cc1. The third-order valence-corrected chi connectivity index (χ3v) is 6.04. The van der Waals surface area contributed by atoms with Crippen molar-refractivity contribution in [3.8, 4) is 5.75 Å². The second-order valence-electron chi connectivity index (χ2n) is 8.30. The molecular weight excluding hydrogens is 430 g/mol. The Labute approximate surface area is 200 Å². The highest BCUT2D eigenvalue weighted by Crippen LogP contribution is 2.25. The highest BCUT2D eigenvalue weighted by molar-refractivity contribution is 7.80. The summed E-state index contributed by atoms with van der Waals surface area (Å²) in [5.74, 6) is 0.351. The molecule has 1 saturated heterocycles. The molecule has 1 atom stereocenters. The molecule has 0 aromatic heterocycles. The van der Waals surface area contributed by atoms with E-state index in [0.29, 0.717) is 24.0 Å². The van der Waals surface area contributed by atoms with Crippen molar-refractivity contribution < 1.29 is 9.53 Å². The molecule has 0 spiro atoms. The minimum atomic E-state index is -0.281. The van der Waals surface area contributed by atoms with Crippen molar-refractivity contribution in [2.24, 2.45) is 0 Å². The molecule has 4 rings (SSSR count). The highest BCUT2D eigenvalue weighted by Gasteiger charge is 2.18. The lowest BCUT2D eigenvalue weighted by Crippen LogP contribution is -2.37. The summed E-state index contributed by atoms with van der Waals surface area (Å²) in [6, 6.07) is 25.7. The number of nitrogens with zero attached hydrogens (tertiary/aromatic N) is 1. The molecule has 1 fully saturated rings. The number of benzene rings is 3. The molecule has 1 aliphatic heterocycles. The Balaban J connectivity index is 1.30. The van der Waals surface area contributed by atoms with Gasteiger partial charge in [-0.1, -0.05) is 36.4 Å². The Bertz CT molecular complexity index is 1090. The summed E-state index contributed by atoms with van der Waals surface area (Å²) in [7, 11) is 0. The van der Waals surface area contributed by atoms with E-state index in [1.54, 1.807) is 18.2 Å².